The maximum atomic E-state index is 10.8. The van der Waals surface area contributed by atoms with E-state index in [0.29, 0.717) is 13.2 Å². The molecule has 0 aliphatic carbocycles. The maximum Gasteiger partial charge on any atom is 0.271 e. The molecule has 0 aliphatic heterocycles. The van der Waals surface area contributed by atoms with E-state index < -0.39 is 0 Å². The van der Waals surface area contributed by atoms with Crippen molar-refractivity contribution in [2.45, 2.75) is 26.5 Å². The summed E-state index contributed by atoms with van der Waals surface area (Å²) in [5.74, 6) is 0. The van der Waals surface area contributed by atoms with Crippen LogP contribution in [0.5, 0.6) is 0 Å². The molecule has 0 aliphatic rings. The minimum atomic E-state index is -0.374. The zero-order valence-corrected chi connectivity index (χ0v) is 10.5. The van der Waals surface area contributed by atoms with Gasteiger partial charge in [0.1, 0.15) is 0 Å². The van der Waals surface area contributed by atoms with Crippen LogP contribution in [0.2, 0.25) is 0 Å². The molecule has 5 heteroatoms. The molecule has 0 saturated heterocycles. The third-order valence-corrected chi connectivity index (χ3v) is 2.75. The first kappa shape index (κ1) is 12.6. The molecular formula is C13H16N2O3. The molecule has 0 amide bonds. The fourth-order valence-electron chi connectivity index (χ4n) is 1.87. The summed E-state index contributed by atoms with van der Waals surface area (Å²) in [5.41, 5.74) is 0.990. The Bertz CT molecular complexity index is 560. The van der Waals surface area contributed by atoms with Crippen LogP contribution < -0.4 is 0 Å². The molecule has 2 rings (SSSR count). The number of ether oxygens (including phenoxy) is 1. The Morgan fingerprint density at radius 2 is 2.17 bits per heavy atom. The quantitative estimate of drug-likeness (QED) is 0.603. The molecule has 0 saturated carbocycles. The Morgan fingerprint density at radius 1 is 1.39 bits per heavy atom. The summed E-state index contributed by atoms with van der Waals surface area (Å²) in [7, 11) is 0. The van der Waals surface area contributed by atoms with Crippen molar-refractivity contribution in [2.24, 2.45) is 0 Å². The SMILES string of the molecule is CC(C)OCCn1ccc2ccc([N+](=O)[O-])cc21. The van der Waals surface area contributed by atoms with Crippen molar-refractivity contribution in [2.75, 3.05) is 6.61 Å². The number of non-ortho nitro benzene ring substituents is 1. The largest absolute Gasteiger partial charge is 0.377 e. The molecule has 0 unspecified atom stereocenters. The number of nitro groups is 1. The van der Waals surface area contributed by atoms with Crippen molar-refractivity contribution in [1.82, 2.24) is 4.57 Å². The van der Waals surface area contributed by atoms with E-state index in [9.17, 15) is 10.1 Å². The monoisotopic (exact) mass is 248 g/mol. The Kier molecular flexibility index (Phi) is 3.62. The van der Waals surface area contributed by atoms with Gasteiger partial charge in [0.2, 0.25) is 0 Å². The second-order valence-corrected chi connectivity index (χ2v) is 4.43. The van der Waals surface area contributed by atoms with Crippen molar-refractivity contribution >= 4 is 16.6 Å². The number of fused-ring (bicyclic) bond motifs is 1. The molecule has 1 aromatic heterocycles. The topological polar surface area (TPSA) is 57.3 Å². The summed E-state index contributed by atoms with van der Waals surface area (Å²) in [4.78, 5) is 10.4. The van der Waals surface area contributed by atoms with Gasteiger partial charge < -0.3 is 9.30 Å². The van der Waals surface area contributed by atoms with Gasteiger partial charge in [-0.15, -0.1) is 0 Å². The van der Waals surface area contributed by atoms with Gasteiger partial charge in [0, 0.05) is 30.3 Å². The molecule has 0 fully saturated rings. The molecule has 1 aromatic carbocycles. The Morgan fingerprint density at radius 3 is 2.83 bits per heavy atom. The van der Waals surface area contributed by atoms with Crippen molar-refractivity contribution in [3.63, 3.8) is 0 Å². The fourth-order valence-corrected chi connectivity index (χ4v) is 1.87. The van der Waals surface area contributed by atoms with E-state index in [1.165, 1.54) is 6.07 Å². The van der Waals surface area contributed by atoms with Gasteiger partial charge in [-0.2, -0.15) is 0 Å². The molecule has 1 heterocycles. The molecule has 96 valence electrons. The van der Waals surface area contributed by atoms with E-state index in [4.69, 9.17) is 4.74 Å². The molecule has 5 nitrogen and oxygen atoms in total. The molecule has 0 bridgehead atoms. The number of rotatable bonds is 5. The van der Waals surface area contributed by atoms with Crippen LogP contribution in [0.1, 0.15) is 13.8 Å². The smallest absolute Gasteiger partial charge is 0.271 e. The zero-order valence-electron chi connectivity index (χ0n) is 10.5. The van der Waals surface area contributed by atoms with E-state index in [1.54, 1.807) is 12.1 Å². The summed E-state index contributed by atoms with van der Waals surface area (Å²) in [6, 6.07) is 6.85. The highest BCUT2D eigenvalue weighted by Crippen LogP contribution is 2.21. The van der Waals surface area contributed by atoms with Gasteiger partial charge in [0.05, 0.1) is 23.2 Å². The molecule has 18 heavy (non-hydrogen) atoms. The maximum absolute atomic E-state index is 10.8. The van der Waals surface area contributed by atoms with Crippen LogP contribution in [0.15, 0.2) is 30.5 Å². The van der Waals surface area contributed by atoms with Crippen molar-refractivity contribution in [3.8, 4) is 0 Å². The van der Waals surface area contributed by atoms with E-state index in [1.807, 2.05) is 30.7 Å². The van der Waals surface area contributed by atoms with Gasteiger partial charge in [-0.05, 0) is 26.0 Å². The van der Waals surface area contributed by atoms with Gasteiger partial charge in [0.25, 0.3) is 5.69 Å². The van der Waals surface area contributed by atoms with Gasteiger partial charge in [-0.25, -0.2) is 0 Å². The standard InChI is InChI=1S/C13H16N2O3/c1-10(2)18-8-7-14-6-5-11-3-4-12(15(16)17)9-13(11)14/h3-6,9-10H,7-8H2,1-2H3. The predicted molar refractivity (Wildman–Crippen MR) is 69.7 cm³/mol. The number of hydrogen-bond acceptors (Lipinski definition) is 3. The highest BCUT2D eigenvalue weighted by molar-refractivity contribution is 5.82. The van der Waals surface area contributed by atoms with Crippen molar-refractivity contribution < 1.29 is 9.66 Å². The summed E-state index contributed by atoms with van der Waals surface area (Å²) in [5, 5.41) is 11.8. The molecule has 0 radical (unpaired) electrons. The average molecular weight is 248 g/mol. The number of nitro benzene ring substituents is 1. The lowest BCUT2D eigenvalue weighted by Gasteiger charge is -2.09. The van der Waals surface area contributed by atoms with Gasteiger partial charge >= 0.3 is 0 Å². The lowest BCUT2D eigenvalue weighted by Crippen LogP contribution is -2.09. The first-order valence-corrected chi connectivity index (χ1v) is 5.93. The summed E-state index contributed by atoms with van der Waals surface area (Å²) in [6.45, 7) is 5.27. The van der Waals surface area contributed by atoms with Crippen LogP contribution in [-0.4, -0.2) is 22.2 Å². The summed E-state index contributed by atoms with van der Waals surface area (Å²) >= 11 is 0. The van der Waals surface area contributed by atoms with Crippen LogP contribution in [0.4, 0.5) is 5.69 Å². The predicted octanol–water partition coefficient (Wildman–Crippen LogP) is 2.97. The third-order valence-electron chi connectivity index (χ3n) is 2.75. The lowest BCUT2D eigenvalue weighted by atomic mass is 10.2. The molecule has 2 aromatic rings. The number of benzene rings is 1. The van der Waals surface area contributed by atoms with Gasteiger partial charge in [-0.1, -0.05) is 0 Å². The van der Waals surface area contributed by atoms with Crippen LogP contribution >= 0.6 is 0 Å². The number of hydrogen-bond donors (Lipinski definition) is 0. The third kappa shape index (κ3) is 2.68. The van der Waals surface area contributed by atoms with Gasteiger partial charge in [-0.3, -0.25) is 10.1 Å². The van der Waals surface area contributed by atoms with Crippen LogP contribution in [0, 0.1) is 10.1 Å². The Labute approximate surface area is 105 Å². The zero-order chi connectivity index (χ0) is 13.1. The minimum Gasteiger partial charge on any atom is -0.377 e. The highest BCUT2D eigenvalue weighted by Gasteiger charge is 2.09. The molecule has 0 spiro atoms. The fraction of sp³-hybridized carbons (Fsp3) is 0.385. The first-order valence-electron chi connectivity index (χ1n) is 5.93. The van der Waals surface area contributed by atoms with E-state index in [2.05, 4.69) is 0 Å². The van der Waals surface area contributed by atoms with Crippen LogP contribution in [0.3, 0.4) is 0 Å². The van der Waals surface area contributed by atoms with Crippen molar-refractivity contribution in [3.05, 3.63) is 40.6 Å². The second-order valence-electron chi connectivity index (χ2n) is 4.43. The summed E-state index contributed by atoms with van der Waals surface area (Å²) < 4.78 is 7.46. The minimum absolute atomic E-state index is 0.118. The Hall–Kier alpha value is -1.88. The van der Waals surface area contributed by atoms with E-state index >= 15 is 0 Å². The van der Waals surface area contributed by atoms with E-state index in [0.717, 1.165) is 10.9 Å². The van der Waals surface area contributed by atoms with Gasteiger partial charge in [0.15, 0.2) is 0 Å². The second kappa shape index (κ2) is 5.18. The lowest BCUT2D eigenvalue weighted by molar-refractivity contribution is -0.384. The van der Waals surface area contributed by atoms with Crippen molar-refractivity contribution in [1.29, 1.82) is 0 Å². The number of nitrogens with zero attached hydrogens (tertiary/aromatic N) is 2. The number of aromatic nitrogens is 1. The average Bonchev–Trinajstić information content (AvgIpc) is 2.71. The van der Waals surface area contributed by atoms with Crippen LogP contribution in [-0.2, 0) is 11.3 Å². The molecule has 0 atom stereocenters. The normalized spacial score (nSPS) is 11.3. The summed E-state index contributed by atoms with van der Waals surface area (Å²) in [6.07, 6.45) is 2.12. The molecular weight excluding hydrogens is 232 g/mol. The Balaban J connectivity index is 2.22. The molecule has 0 N–H and O–H groups in total. The van der Waals surface area contributed by atoms with E-state index in [-0.39, 0.29) is 16.7 Å². The van der Waals surface area contributed by atoms with Crippen LogP contribution in [0.25, 0.3) is 10.9 Å². The first-order chi connectivity index (χ1) is 8.58. The highest BCUT2D eigenvalue weighted by atomic mass is 16.6.